The van der Waals surface area contributed by atoms with E-state index in [2.05, 4.69) is 20.6 Å². The lowest BCUT2D eigenvalue weighted by molar-refractivity contribution is 0.0945. The van der Waals surface area contributed by atoms with Crippen molar-refractivity contribution < 1.29 is 19.1 Å². The number of nitrogens with zero attached hydrogens (tertiary/aromatic N) is 2. The van der Waals surface area contributed by atoms with E-state index in [9.17, 15) is 9.59 Å². The minimum absolute atomic E-state index is 0.147. The van der Waals surface area contributed by atoms with E-state index in [0.717, 1.165) is 5.69 Å². The predicted molar refractivity (Wildman–Crippen MR) is 100 cm³/mol. The van der Waals surface area contributed by atoms with Gasteiger partial charge in [0.15, 0.2) is 11.5 Å². The summed E-state index contributed by atoms with van der Waals surface area (Å²) in [6.45, 7) is 0.434. The van der Waals surface area contributed by atoms with E-state index in [-0.39, 0.29) is 30.8 Å². The molecule has 0 saturated carbocycles. The molecule has 1 aliphatic heterocycles. The molecule has 0 bridgehead atoms. The van der Waals surface area contributed by atoms with Gasteiger partial charge in [-0.3, -0.25) is 19.6 Å². The Balaban J connectivity index is 1.42. The monoisotopic (exact) mass is 376 g/mol. The van der Waals surface area contributed by atoms with E-state index >= 15 is 0 Å². The fourth-order valence-electron chi connectivity index (χ4n) is 2.64. The van der Waals surface area contributed by atoms with Crippen LogP contribution in [0.25, 0.3) is 0 Å². The van der Waals surface area contributed by atoms with Crippen LogP contribution in [-0.2, 0) is 6.54 Å². The Hall–Kier alpha value is -3.94. The van der Waals surface area contributed by atoms with Gasteiger partial charge in [-0.15, -0.1) is 0 Å². The number of ether oxygens (including phenoxy) is 2. The first-order valence-electron chi connectivity index (χ1n) is 8.54. The number of pyridine rings is 2. The third-order valence-electron chi connectivity index (χ3n) is 4.04. The van der Waals surface area contributed by atoms with Gasteiger partial charge < -0.3 is 20.1 Å². The average molecular weight is 376 g/mol. The van der Waals surface area contributed by atoms with Crippen LogP contribution in [0.2, 0.25) is 0 Å². The molecular formula is C20H16N4O4. The normalized spacial score (nSPS) is 11.7. The summed E-state index contributed by atoms with van der Waals surface area (Å²) < 4.78 is 10.5. The van der Waals surface area contributed by atoms with Gasteiger partial charge in [0.05, 0.1) is 12.2 Å². The maximum Gasteiger partial charge on any atom is 0.270 e. The summed E-state index contributed by atoms with van der Waals surface area (Å²) in [7, 11) is 0. The van der Waals surface area contributed by atoms with Crippen molar-refractivity contribution in [3.05, 3.63) is 77.9 Å². The highest BCUT2D eigenvalue weighted by Gasteiger charge is 2.16. The van der Waals surface area contributed by atoms with Gasteiger partial charge in [0.25, 0.3) is 11.8 Å². The van der Waals surface area contributed by atoms with Gasteiger partial charge in [-0.2, -0.15) is 0 Å². The van der Waals surface area contributed by atoms with Gasteiger partial charge in [0, 0.05) is 29.7 Å². The number of anilines is 1. The topological polar surface area (TPSA) is 102 Å². The first-order chi connectivity index (χ1) is 13.7. The number of carbonyl (C=O) groups is 2. The molecule has 1 aliphatic rings. The molecule has 1 aromatic carbocycles. The molecule has 2 aromatic heterocycles. The molecule has 28 heavy (non-hydrogen) atoms. The van der Waals surface area contributed by atoms with Gasteiger partial charge in [-0.05, 0) is 36.4 Å². The number of rotatable bonds is 5. The number of fused-ring (bicyclic) bond motifs is 1. The van der Waals surface area contributed by atoms with Crippen LogP contribution in [0.5, 0.6) is 11.5 Å². The van der Waals surface area contributed by atoms with Crippen molar-refractivity contribution >= 4 is 17.5 Å². The van der Waals surface area contributed by atoms with Crippen molar-refractivity contribution in [3.8, 4) is 11.5 Å². The lowest BCUT2D eigenvalue weighted by atomic mass is 10.2. The third-order valence-corrected chi connectivity index (χ3v) is 4.04. The molecule has 2 N–H and O–H groups in total. The van der Waals surface area contributed by atoms with Crippen LogP contribution < -0.4 is 20.1 Å². The molecule has 3 aromatic rings. The number of hydrogen-bond acceptors (Lipinski definition) is 6. The minimum atomic E-state index is -0.386. The molecule has 4 rings (SSSR count). The maximum absolute atomic E-state index is 12.5. The highest BCUT2D eigenvalue weighted by Crippen LogP contribution is 2.34. The van der Waals surface area contributed by atoms with E-state index < -0.39 is 0 Å². The fraction of sp³-hybridized carbons (Fsp3) is 0.100. The van der Waals surface area contributed by atoms with Crippen LogP contribution in [0.15, 0.2) is 60.9 Å². The first kappa shape index (κ1) is 17.5. The summed E-state index contributed by atoms with van der Waals surface area (Å²) in [5.74, 6) is 0.458. The van der Waals surface area contributed by atoms with Crippen molar-refractivity contribution in [3.63, 3.8) is 0 Å². The second-order valence-corrected chi connectivity index (χ2v) is 5.96. The van der Waals surface area contributed by atoms with Crippen molar-refractivity contribution in [1.29, 1.82) is 0 Å². The van der Waals surface area contributed by atoms with Gasteiger partial charge in [-0.25, -0.2) is 0 Å². The number of aromatic nitrogens is 2. The molecule has 0 fully saturated rings. The van der Waals surface area contributed by atoms with Crippen LogP contribution in [0.3, 0.4) is 0 Å². The predicted octanol–water partition coefficient (Wildman–Crippen LogP) is 2.39. The number of hydrogen-bond donors (Lipinski definition) is 2. The summed E-state index contributed by atoms with van der Waals surface area (Å²) in [6.07, 6.45) is 3.07. The number of carbonyl (C=O) groups excluding carboxylic acids is 2. The van der Waals surface area contributed by atoms with E-state index in [1.165, 1.54) is 18.3 Å². The Morgan fingerprint density at radius 1 is 0.929 bits per heavy atom. The molecule has 0 spiro atoms. The zero-order valence-corrected chi connectivity index (χ0v) is 14.7. The van der Waals surface area contributed by atoms with Gasteiger partial charge >= 0.3 is 0 Å². The molecule has 2 amide bonds. The standard InChI is InChI=1S/C20H16N4O4/c25-19(24-14-4-5-17-18(10-14)28-12-27-17)13-6-8-22-16(9-13)20(26)23-11-15-3-1-2-7-21-15/h1-10H,11-12H2,(H,23,26)(H,24,25). The molecule has 140 valence electrons. The lowest BCUT2D eigenvalue weighted by Gasteiger charge is -2.08. The van der Waals surface area contributed by atoms with Crippen LogP contribution in [0.4, 0.5) is 5.69 Å². The largest absolute Gasteiger partial charge is 0.454 e. The van der Waals surface area contributed by atoms with Crippen LogP contribution in [-0.4, -0.2) is 28.6 Å². The molecule has 0 saturated heterocycles. The second-order valence-electron chi connectivity index (χ2n) is 5.96. The molecule has 0 atom stereocenters. The quantitative estimate of drug-likeness (QED) is 0.709. The number of nitrogens with one attached hydrogen (secondary N) is 2. The van der Waals surface area contributed by atoms with Crippen molar-refractivity contribution in [2.45, 2.75) is 6.54 Å². The molecule has 8 nitrogen and oxygen atoms in total. The molecular weight excluding hydrogens is 360 g/mol. The fourth-order valence-corrected chi connectivity index (χ4v) is 2.64. The second kappa shape index (κ2) is 7.75. The summed E-state index contributed by atoms with van der Waals surface area (Å²) in [5.41, 5.74) is 1.75. The maximum atomic E-state index is 12.5. The van der Waals surface area contributed by atoms with Gasteiger partial charge in [-0.1, -0.05) is 6.07 Å². The molecule has 0 aliphatic carbocycles. The lowest BCUT2D eigenvalue weighted by Crippen LogP contribution is -2.24. The van der Waals surface area contributed by atoms with E-state index in [1.54, 1.807) is 30.5 Å². The van der Waals surface area contributed by atoms with E-state index in [0.29, 0.717) is 22.7 Å². The highest BCUT2D eigenvalue weighted by atomic mass is 16.7. The SMILES string of the molecule is O=C(Nc1ccc2c(c1)OCO2)c1ccnc(C(=O)NCc2ccccn2)c1. The molecule has 3 heterocycles. The molecule has 0 unspecified atom stereocenters. The van der Waals surface area contributed by atoms with Gasteiger partial charge in [0.2, 0.25) is 6.79 Å². The first-order valence-corrected chi connectivity index (χ1v) is 8.54. The van der Waals surface area contributed by atoms with Crippen molar-refractivity contribution in [1.82, 2.24) is 15.3 Å². The Labute approximate surface area is 160 Å². The average Bonchev–Trinajstić information content (AvgIpc) is 3.21. The Bertz CT molecular complexity index is 1020. The van der Waals surface area contributed by atoms with Crippen LogP contribution in [0.1, 0.15) is 26.5 Å². The van der Waals surface area contributed by atoms with Gasteiger partial charge in [0.1, 0.15) is 5.69 Å². The minimum Gasteiger partial charge on any atom is -0.454 e. The molecule has 8 heteroatoms. The number of amides is 2. The Morgan fingerprint density at radius 2 is 1.82 bits per heavy atom. The summed E-state index contributed by atoms with van der Waals surface area (Å²) in [4.78, 5) is 33.0. The smallest absolute Gasteiger partial charge is 0.270 e. The highest BCUT2D eigenvalue weighted by molar-refractivity contribution is 6.05. The van der Waals surface area contributed by atoms with Crippen molar-refractivity contribution in [2.75, 3.05) is 12.1 Å². The van der Waals surface area contributed by atoms with Crippen LogP contribution in [0, 0.1) is 0 Å². The third kappa shape index (κ3) is 3.90. The van der Waals surface area contributed by atoms with E-state index in [1.807, 2.05) is 12.1 Å². The van der Waals surface area contributed by atoms with Crippen molar-refractivity contribution in [2.24, 2.45) is 0 Å². The summed E-state index contributed by atoms with van der Waals surface area (Å²) >= 11 is 0. The molecule has 0 radical (unpaired) electrons. The summed E-state index contributed by atoms with van der Waals surface area (Å²) in [6, 6.07) is 13.6. The van der Waals surface area contributed by atoms with E-state index in [4.69, 9.17) is 9.47 Å². The Morgan fingerprint density at radius 3 is 2.68 bits per heavy atom. The zero-order chi connectivity index (χ0) is 19.3. The summed E-state index contributed by atoms with van der Waals surface area (Å²) in [5, 5.41) is 5.50. The van der Waals surface area contributed by atoms with Crippen LogP contribution >= 0.6 is 0 Å². The zero-order valence-electron chi connectivity index (χ0n) is 14.7. The number of benzene rings is 1. The Kier molecular flexibility index (Phi) is 4.83.